The normalized spacial score (nSPS) is 17.7. The summed E-state index contributed by atoms with van der Waals surface area (Å²) in [6.45, 7) is 12.1. The Hall–Kier alpha value is -1.59. The van der Waals surface area contributed by atoms with E-state index in [1.165, 1.54) is 0 Å². The second-order valence-electron chi connectivity index (χ2n) is 7.83. The number of carbonyl (C=O) groups is 1. The molecule has 160 valence electrons. The Balaban J connectivity index is 0.00000392. The Morgan fingerprint density at radius 1 is 1.36 bits per heavy atom. The Kier molecular flexibility index (Phi) is 9.45. The van der Waals surface area contributed by atoms with Crippen molar-refractivity contribution in [1.82, 2.24) is 30.3 Å². The van der Waals surface area contributed by atoms with E-state index < -0.39 is 5.60 Å². The zero-order chi connectivity index (χ0) is 20.0. The van der Waals surface area contributed by atoms with Crippen molar-refractivity contribution in [2.24, 2.45) is 12.0 Å². The minimum atomic E-state index is -0.484. The standard InChI is InChI=1S/C18H33N7O2.HI/c1-7-19-16(20-11-15-23-22-13(2)24(15)6)21-14-9-8-10-25(12-14)17(26)27-18(3,4)5;/h14H,7-12H2,1-6H3,(H2,19,20,21);1H. The number of rotatable bonds is 4. The van der Waals surface area contributed by atoms with Crippen LogP contribution in [0.15, 0.2) is 4.99 Å². The van der Waals surface area contributed by atoms with Crippen LogP contribution in [0.5, 0.6) is 0 Å². The van der Waals surface area contributed by atoms with E-state index in [4.69, 9.17) is 4.74 Å². The lowest BCUT2D eigenvalue weighted by atomic mass is 10.1. The molecule has 2 heterocycles. The molecule has 1 aliphatic heterocycles. The molecule has 0 saturated carbocycles. The number of nitrogens with one attached hydrogen (secondary N) is 2. The predicted molar refractivity (Wildman–Crippen MR) is 120 cm³/mol. The molecule has 10 heteroatoms. The lowest BCUT2D eigenvalue weighted by Crippen LogP contribution is -2.53. The molecule has 2 N–H and O–H groups in total. The van der Waals surface area contributed by atoms with E-state index in [9.17, 15) is 4.79 Å². The highest BCUT2D eigenvalue weighted by molar-refractivity contribution is 14.0. The largest absolute Gasteiger partial charge is 0.444 e. The molecule has 1 unspecified atom stereocenters. The van der Waals surface area contributed by atoms with Crippen LogP contribution in [0.4, 0.5) is 4.79 Å². The van der Waals surface area contributed by atoms with Crippen LogP contribution in [0.2, 0.25) is 0 Å². The number of ether oxygens (including phenoxy) is 1. The molecular formula is C18H34IN7O2. The smallest absolute Gasteiger partial charge is 0.410 e. The van der Waals surface area contributed by atoms with Crippen molar-refractivity contribution in [2.45, 2.75) is 65.6 Å². The number of amides is 1. The van der Waals surface area contributed by atoms with E-state index in [0.29, 0.717) is 19.0 Å². The number of likely N-dealkylation sites (tertiary alicyclic amines) is 1. The molecule has 0 aromatic carbocycles. The summed E-state index contributed by atoms with van der Waals surface area (Å²) in [6, 6.07) is 0.130. The second kappa shape index (κ2) is 10.8. The van der Waals surface area contributed by atoms with Crippen LogP contribution in [0.1, 0.15) is 52.2 Å². The number of aromatic nitrogens is 3. The number of guanidine groups is 1. The highest BCUT2D eigenvalue weighted by Gasteiger charge is 2.28. The van der Waals surface area contributed by atoms with E-state index >= 15 is 0 Å². The quantitative estimate of drug-likeness (QED) is 0.369. The van der Waals surface area contributed by atoms with E-state index in [1.807, 2.05) is 46.2 Å². The summed E-state index contributed by atoms with van der Waals surface area (Å²) in [5.41, 5.74) is -0.484. The Morgan fingerprint density at radius 3 is 2.64 bits per heavy atom. The molecular weight excluding hydrogens is 473 g/mol. The van der Waals surface area contributed by atoms with Crippen molar-refractivity contribution in [1.29, 1.82) is 0 Å². The summed E-state index contributed by atoms with van der Waals surface area (Å²) < 4.78 is 7.42. The minimum absolute atomic E-state index is 0. The van der Waals surface area contributed by atoms with Gasteiger partial charge in [0.1, 0.15) is 18.0 Å². The molecule has 0 spiro atoms. The van der Waals surface area contributed by atoms with Gasteiger partial charge in [-0.25, -0.2) is 9.79 Å². The fraction of sp³-hybridized carbons (Fsp3) is 0.778. The maximum Gasteiger partial charge on any atom is 0.410 e. The lowest BCUT2D eigenvalue weighted by molar-refractivity contribution is 0.0193. The molecule has 1 atom stereocenters. The number of aliphatic imine (C=N–C) groups is 1. The number of piperidine rings is 1. The Morgan fingerprint density at radius 2 is 2.07 bits per heavy atom. The van der Waals surface area contributed by atoms with Crippen molar-refractivity contribution in [3.63, 3.8) is 0 Å². The summed E-state index contributed by atoms with van der Waals surface area (Å²) in [4.78, 5) is 18.7. The molecule has 1 aromatic heterocycles. The lowest BCUT2D eigenvalue weighted by Gasteiger charge is -2.35. The van der Waals surface area contributed by atoms with Crippen LogP contribution in [-0.4, -0.2) is 63.0 Å². The molecule has 1 saturated heterocycles. The van der Waals surface area contributed by atoms with E-state index in [0.717, 1.165) is 37.6 Å². The van der Waals surface area contributed by atoms with Crippen LogP contribution in [0.3, 0.4) is 0 Å². The van der Waals surface area contributed by atoms with Gasteiger partial charge in [-0.05, 0) is 47.5 Å². The van der Waals surface area contributed by atoms with Gasteiger partial charge < -0.3 is 24.8 Å². The topological polar surface area (TPSA) is 96.7 Å². The highest BCUT2D eigenvalue weighted by atomic mass is 127. The van der Waals surface area contributed by atoms with Gasteiger partial charge in [0, 0.05) is 32.7 Å². The van der Waals surface area contributed by atoms with Gasteiger partial charge in [-0.1, -0.05) is 0 Å². The van der Waals surface area contributed by atoms with Crippen molar-refractivity contribution >= 4 is 36.0 Å². The van der Waals surface area contributed by atoms with E-state index in [1.54, 1.807) is 4.90 Å². The van der Waals surface area contributed by atoms with Gasteiger partial charge in [-0.2, -0.15) is 0 Å². The van der Waals surface area contributed by atoms with E-state index in [-0.39, 0.29) is 36.1 Å². The third-order valence-electron chi connectivity index (χ3n) is 4.32. The van der Waals surface area contributed by atoms with Crippen LogP contribution >= 0.6 is 24.0 Å². The van der Waals surface area contributed by atoms with Gasteiger partial charge in [0.2, 0.25) is 0 Å². The number of nitrogens with zero attached hydrogens (tertiary/aromatic N) is 5. The second-order valence-corrected chi connectivity index (χ2v) is 7.83. The van der Waals surface area contributed by atoms with Crippen molar-refractivity contribution < 1.29 is 9.53 Å². The van der Waals surface area contributed by atoms with Gasteiger partial charge >= 0.3 is 6.09 Å². The fourth-order valence-electron chi connectivity index (χ4n) is 2.84. The molecule has 1 aromatic rings. The van der Waals surface area contributed by atoms with Crippen molar-refractivity contribution in [3.05, 3.63) is 11.6 Å². The zero-order valence-corrected chi connectivity index (χ0v) is 20.1. The first-order valence-corrected chi connectivity index (χ1v) is 9.57. The first kappa shape index (κ1) is 24.4. The number of aryl methyl sites for hydroxylation is 1. The summed E-state index contributed by atoms with van der Waals surface area (Å²) >= 11 is 0. The van der Waals surface area contributed by atoms with Crippen LogP contribution in [0.25, 0.3) is 0 Å². The summed E-state index contributed by atoms with van der Waals surface area (Å²) in [5, 5.41) is 14.9. The predicted octanol–water partition coefficient (Wildman–Crippen LogP) is 2.20. The Labute approximate surface area is 184 Å². The van der Waals surface area contributed by atoms with Gasteiger partial charge in [-0.15, -0.1) is 34.2 Å². The summed E-state index contributed by atoms with van der Waals surface area (Å²) in [6.07, 6.45) is 1.65. The summed E-state index contributed by atoms with van der Waals surface area (Å²) in [7, 11) is 1.93. The first-order valence-electron chi connectivity index (χ1n) is 9.57. The molecule has 0 aliphatic carbocycles. The maximum absolute atomic E-state index is 12.3. The van der Waals surface area contributed by atoms with Gasteiger partial charge in [-0.3, -0.25) is 0 Å². The van der Waals surface area contributed by atoms with Crippen LogP contribution in [-0.2, 0) is 18.3 Å². The third-order valence-corrected chi connectivity index (χ3v) is 4.32. The molecule has 1 aliphatic rings. The van der Waals surface area contributed by atoms with Crippen LogP contribution in [0, 0.1) is 6.92 Å². The number of hydrogen-bond acceptors (Lipinski definition) is 5. The number of halogens is 1. The molecule has 9 nitrogen and oxygen atoms in total. The fourth-order valence-corrected chi connectivity index (χ4v) is 2.84. The van der Waals surface area contributed by atoms with Gasteiger partial charge in [0.05, 0.1) is 0 Å². The van der Waals surface area contributed by atoms with Crippen LogP contribution < -0.4 is 10.6 Å². The molecule has 28 heavy (non-hydrogen) atoms. The van der Waals surface area contributed by atoms with E-state index in [2.05, 4.69) is 25.8 Å². The number of hydrogen-bond donors (Lipinski definition) is 2. The Bertz CT molecular complexity index is 669. The van der Waals surface area contributed by atoms with Crippen molar-refractivity contribution in [2.75, 3.05) is 19.6 Å². The minimum Gasteiger partial charge on any atom is -0.444 e. The SMILES string of the molecule is CCNC(=NCc1nnc(C)n1C)NC1CCCN(C(=O)OC(C)(C)C)C1.I. The molecule has 2 rings (SSSR count). The third kappa shape index (κ3) is 7.44. The molecule has 0 radical (unpaired) electrons. The van der Waals surface area contributed by atoms with Gasteiger partial charge in [0.25, 0.3) is 0 Å². The average Bonchev–Trinajstić information content (AvgIpc) is 2.90. The van der Waals surface area contributed by atoms with Gasteiger partial charge in [0.15, 0.2) is 11.8 Å². The molecule has 0 bridgehead atoms. The average molecular weight is 507 g/mol. The zero-order valence-electron chi connectivity index (χ0n) is 17.8. The highest BCUT2D eigenvalue weighted by Crippen LogP contribution is 2.15. The maximum atomic E-state index is 12.3. The first-order chi connectivity index (χ1) is 12.7. The van der Waals surface area contributed by atoms with Crippen molar-refractivity contribution in [3.8, 4) is 0 Å². The monoisotopic (exact) mass is 507 g/mol. The molecule has 1 fully saturated rings. The number of carbonyl (C=O) groups excluding carboxylic acids is 1. The molecule has 1 amide bonds. The summed E-state index contributed by atoms with van der Waals surface area (Å²) in [5.74, 6) is 2.39.